The molecule has 0 amide bonds. The highest BCUT2D eigenvalue weighted by molar-refractivity contribution is 5.34. The summed E-state index contributed by atoms with van der Waals surface area (Å²) in [6.45, 7) is 7.37. The Hall–Kier alpha value is -1.06. The summed E-state index contributed by atoms with van der Waals surface area (Å²) >= 11 is 0. The number of aliphatic hydroxyl groups excluding tert-OH is 1. The highest BCUT2D eigenvalue weighted by Gasteiger charge is 2.24. The first-order valence-electron chi connectivity index (χ1n) is 6.48. The second-order valence-electron chi connectivity index (χ2n) is 5.48. The molecule has 0 radical (unpaired) electrons. The van der Waals surface area contributed by atoms with Crippen molar-refractivity contribution in [1.29, 1.82) is 0 Å². The number of aliphatic hydroxyl groups is 1. The molecule has 0 aromatic heterocycles. The minimum absolute atomic E-state index is 0.109. The van der Waals surface area contributed by atoms with E-state index >= 15 is 0 Å². The molecule has 3 nitrogen and oxygen atoms in total. The van der Waals surface area contributed by atoms with Crippen LogP contribution in [-0.2, 0) is 6.42 Å². The van der Waals surface area contributed by atoms with Gasteiger partial charge in [0.2, 0.25) is 0 Å². The normalized spacial score (nSPS) is 14.6. The van der Waals surface area contributed by atoms with Gasteiger partial charge >= 0.3 is 0 Å². The van der Waals surface area contributed by atoms with E-state index in [2.05, 4.69) is 19.2 Å². The number of hydrogen-bond acceptors (Lipinski definition) is 3. The Morgan fingerprint density at radius 2 is 2.00 bits per heavy atom. The van der Waals surface area contributed by atoms with Crippen LogP contribution in [0.3, 0.4) is 0 Å². The largest absolute Gasteiger partial charge is 0.496 e. The smallest absolute Gasteiger partial charge is 0.122 e. The second kappa shape index (κ2) is 6.76. The fourth-order valence-electron chi connectivity index (χ4n) is 1.89. The standard InChI is InChI=1S/C15H25NO2/c1-12(2)10-16-15(3,11-17)9-13-7-5-6-8-14(13)18-4/h5-8,12,16-17H,9-11H2,1-4H3. The van der Waals surface area contributed by atoms with E-state index in [1.165, 1.54) is 0 Å². The molecule has 0 heterocycles. The van der Waals surface area contributed by atoms with Crippen molar-refractivity contribution in [3.63, 3.8) is 0 Å². The summed E-state index contributed by atoms with van der Waals surface area (Å²) < 4.78 is 5.35. The molecular formula is C15H25NO2. The topological polar surface area (TPSA) is 41.5 Å². The van der Waals surface area contributed by atoms with Crippen LogP contribution in [0.15, 0.2) is 24.3 Å². The minimum atomic E-state index is -0.307. The zero-order valence-corrected chi connectivity index (χ0v) is 11.9. The van der Waals surface area contributed by atoms with Crippen molar-refractivity contribution in [2.75, 3.05) is 20.3 Å². The maximum atomic E-state index is 9.62. The minimum Gasteiger partial charge on any atom is -0.496 e. The molecule has 0 aliphatic carbocycles. The lowest BCUT2D eigenvalue weighted by Gasteiger charge is -2.30. The predicted molar refractivity (Wildman–Crippen MR) is 75.0 cm³/mol. The molecule has 0 spiro atoms. The van der Waals surface area contributed by atoms with Crippen LogP contribution < -0.4 is 10.1 Å². The van der Waals surface area contributed by atoms with E-state index < -0.39 is 0 Å². The lowest BCUT2D eigenvalue weighted by atomic mass is 9.92. The maximum absolute atomic E-state index is 9.62. The van der Waals surface area contributed by atoms with Crippen molar-refractivity contribution in [3.8, 4) is 5.75 Å². The quantitative estimate of drug-likeness (QED) is 0.781. The lowest BCUT2D eigenvalue weighted by Crippen LogP contribution is -2.49. The first kappa shape index (κ1) is 15.0. The van der Waals surface area contributed by atoms with E-state index in [1.807, 2.05) is 31.2 Å². The van der Waals surface area contributed by atoms with Gasteiger partial charge in [0, 0.05) is 5.54 Å². The molecule has 3 heteroatoms. The summed E-state index contributed by atoms with van der Waals surface area (Å²) in [4.78, 5) is 0. The number of ether oxygens (including phenoxy) is 1. The van der Waals surface area contributed by atoms with Crippen molar-refractivity contribution in [3.05, 3.63) is 29.8 Å². The summed E-state index contributed by atoms with van der Waals surface area (Å²) in [6.07, 6.45) is 0.750. The van der Waals surface area contributed by atoms with Crippen molar-refractivity contribution in [1.82, 2.24) is 5.32 Å². The highest BCUT2D eigenvalue weighted by Crippen LogP contribution is 2.22. The highest BCUT2D eigenvalue weighted by atomic mass is 16.5. The molecule has 0 saturated heterocycles. The third-order valence-corrected chi connectivity index (χ3v) is 3.06. The summed E-state index contributed by atoms with van der Waals surface area (Å²) in [5, 5.41) is 13.1. The van der Waals surface area contributed by atoms with Crippen LogP contribution in [-0.4, -0.2) is 30.9 Å². The van der Waals surface area contributed by atoms with Gasteiger partial charge in [-0.2, -0.15) is 0 Å². The van der Waals surface area contributed by atoms with Crippen LogP contribution >= 0.6 is 0 Å². The number of nitrogens with one attached hydrogen (secondary N) is 1. The van der Waals surface area contributed by atoms with Gasteiger partial charge in [0.15, 0.2) is 0 Å². The fraction of sp³-hybridized carbons (Fsp3) is 0.600. The average molecular weight is 251 g/mol. The maximum Gasteiger partial charge on any atom is 0.122 e. The van der Waals surface area contributed by atoms with E-state index in [9.17, 15) is 5.11 Å². The molecule has 1 aromatic carbocycles. The van der Waals surface area contributed by atoms with Gasteiger partial charge in [-0.3, -0.25) is 0 Å². The van der Waals surface area contributed by atoms with Crippen LogP contribution in [0.5, 0.6) is 5.75 Å². The Bertz CT molecular complexity index is 365. The van der Waals surface area contributed by atoms with E-state index in [0.29, 0.717) is 5.92 Å². The first-order chi connectivity index (χ1) is 8.50. The van der Waals surface area contributed by atoms with Crippen LogP contribution in [0.25, 0.3) is 0 Å². The Balaban J connectivity index is 2.77. The van der Waals surface area contributed by atoms with Gasteiger partial charge in [0.1, 0.15) is 5.75 Å². The van der Waals surface area contributed by atoms with Crippen molar-refractivity contribution >= 4 is 0 Å². The third-order valence-electron chi connectivity index (χ3n) is 3.06. The number of hydrogen-bond donors (Lipinski definition) is 2. The number of para-hydroxylation sites is 1. The molecular weight excluding hydrogens is 226 g/mol. The van der Waals surface area contributed by atoms with Crippen LogP contribution in [0.2, 0.25) is 0 Å². The van der Waals surface area contributed by atoms with E-state index in [0.717, 1.165) is 24.3 Å². The van der Waals surface area contributed by atoms with Gasteiger partial charge in [-0.1, -0.05) is 32.0 Å². The first-order valence-corrected chi connectivity index (χ1v) is 6.48. The molecule has 0 bridgehead atoms. The SMILES string of the molecule is COc1ccccc1CC(C)(CO)NCC(C)C. The van der Waals surface area contributed by atoms with Gasteiger partial charge in [0.25, 0.3) is 0 Å². The zero-order valence-electron chi connectivity index (χ0n) is 11.9. The van der Waals surface area contributed by atoms with Crippen LogP contribution in [0, 0.1) is 5.92 Å². The van der Waals surface area contributed by atoms with Crippen LogP contribution in [0.1, 0.15) is 26.3 Å². The van der Waals surface area contributed by atoms with Crippen molar-refractivity contribution < 1.29 is 9.84 Å². The van der Waals surface area contributed by atoms with Gasteiger partial charge in [-0.05, 0) is 37.4 Å². The third kappa shape index (κ3) is 4.31. The Labute approximate surface area is 110 Å². The molecule has 102 valence electrons. The molecule has 18 heavy (non-hydrogen) atoms. The average Bonchev–Trinajstić information content (AvgIpc) is 2.37. The lowest BCUT2D eigenvalue weighted by molar-refractivity contribution is 0.169. The molecule has 2 N–H and O–H groups in total. The zero-order chi connectivity index (χ0) is 13.6. The monoisotopic (exact) mass is 251 g/mol. The Morgan fingerprint density at radius 1 is 1.33 bits per heavy atom. The number of benzene rings is 1. The summed E-state index contributed by atoms with van der Waals surface area (Å²) in [5.41, 5.74) is 0.812. The Kier molecular flexibility index (Phi) is 5.63. The summed E-state index contributed by atoms with van der Waals surface area (Å²) in [7, 11) is 1.68. The van der Waals surface area contributed by atoms with Gasteiger partial charge < -0.3 is 15.2 Å². The summed E-state index contributed by atoms with van der Waals surface area (Å²) in [6, 6.07) is 7.96. The van der Waals surface area contributed by atoms with E-state index in [1.54, 1.807) is 7.11 Å². The molecule has 1 atom stereocenters. The molecule has 1 unspecified atom stereocenters. The predicted octanol–water partition coefficient (Wildman–Crippen LogP) is 2.23. The van der Waals surface area contributed by atoms with E-state index in [-0.39, 0.29) is 12.1 Å². The molecule has 0 aliphatic heterocycles. The molecule has 0 aliphatic rings. The van der Waals surface area contributed by atoms with Crippen molar-refractivity contribution in [2.45, 2.75) is 32.7 Å². The van der Waals surface area contributed by atoms with Crippen molar-refractivity contribution in [2.24, 2.45) is 5.92 Å². The van der Waals surface area contributed by atoms with Gasteiger partial charge in [0.05, 0.1) is 13.7 Å². The van der Waals surface area contributed by atoms with Gasteiger partial charge in [-0.25, -0.2) is 0 Å². The summed E-state index contributed by atoms with van der Waals surface area (Å²) in [5.74, 6) is 1.44. The fourth-order valence-corrected chi connectivity index (χ4v) is 1.89. The Morgan fingerprint density at radius 3 is 2.56 bits per heavy atom. The molecule has 0 fully saturated rings. The van der Waals surface area contributed by atoms with Crippen LogP contribution in [0.4, 0.5) is 0 Å². The van der Waals surface area contributed by atoms with E-state index in [4.69, 9.17) is 4.74 Å². The number of methoxy groups -OCH3 is 1. The number of rotatable bonds is 7. The van der Waals surface area contributed by atoms with Gasteiger partial charge in [-0.15, -0.1) is 0 Å². The molecule has 0 saturated carbocycles. The molecule has 1 rings (SSSR count). The molecule has 1 aromatic rings. The second-order valence-corrected chi connectivity index (χ2v) is 5.48.